The summed E-state index contributed by atoms with van der Waals surface area (Å²) in [5, 5.41) is 3.68. The molecule has 2 aromatic rings. The molecule has 4 rings (SSSR count). The number of hydrogen-bond acceptors (Lipinski definition) is 2. The lowest BCUT2D eigenvalue weighted by atomic mass is 9.80. The molecule has 142 valence electrons. The summed E-state index contributed by atoms with van der Waals surface area (Å²) in [5.41, 5.74) is 3.19. The second kappa shape index (κ2) is 7.04. The van der Waals surface area contributed by atoms with Gasteiger partial charge in [-0.3, -0.25) is 4.79 Å². The van der Waals surface area contributed by atoms with Crippen molar-refractivity contribution in [3.05, 3.63) is 57.5 Å². The zero-order valence-corrected chi connectivity index (χ0v) is 16.4. The average molecular weight is 386 g/mol. The van der Waals surface area contributed by atoms with E-state index in [2.05, 4.69) is 5.32 Å². The summed E-state index contributed by atoms with van der Waals surface area (Å²) in [6, 6.07) is 11.4. The third-order valence-electron chi connectivity index (χ3n) is 5.44. The number of hydrogen-bond donors (Lipinski definition) is 1. The Morgan fingerprint density at radius 1 is 1.11 bits per heavy atom. The monoisotopic (exact) mass is 385 g/mol. The number of likely N-dealkylation sites (tertiary alicyclic amines) is 1. The van der Waals surface area contributed by atoms with Crippen LogP contribution in [0, 0.1) is 5.92 Å². The molecule has 2 amide bonds. The molecule has 0 saturated carbocycles. The van der Waals surface area contributed by atoms with Gasteiger partial charge in [0.15, 0.2) is 0 Å². The van der Waals surface area contributed by atoms with E-state index >= 15 is 0 Å². The summed E-state index contributed by atoms with van der Waals surface area (Å²) in [5.74, 6) is 0.474. The lowest BCUT2D eigenvalue weighted by Gasteiger charge is -2.43. The molecule has 1 aromatic heterocycles. The summed E-state index contributed by atoms with van der Waals surface area (Å²) in [7, 11) is 0. The van der Waals surface area contributed by atoms with Crippen molar-refractivity contribution in [2.45, 2.75) is 38.8 Å². The minimum Gasteiger partial charge on any atom is -0.336 e. The van der Waals surface area contributed by atoms with Crippen LogP contribution in [0.1, 0.15) is 31.9 Å². The SMILES string of the molecule is CC(C)NC(=O)N1C[C@H]2C[C@H](C1)c1c(-c3ccc(Cl)cc3)ccc(=O)n1C2. The van der Waals surface area contributed by atoms with Crippen LogP contribution >= 0.6 is 11.6 Å². The van der Waals surface area contributed by atoms with Crippen molar-refractivity contribution in [3.8, 4) is 11.1 Å². The molecular weight excluding hydrogens is 362 g/mol. The molecule has 2 bridgehead atoms. The van der Waals surface area contributed by atoms with Gasteiger partial charge in [0.2, 0.25) is 0 Å². The van der Waals surface area contributed by atoms with Crippen molar-refractivity contribution in [2.75, 3.05) is 13.1 Å². The van der Waals surface area contributed by atoms with E-state index in [0.29, 0.717) is 30.6 Å². The molecule has 5 nitrogen and oxygen atoms in total. The Morgan fingerprint density at radius 3 is 2.56 bits per heavy atom. The first-order valence-corrected chi connectivity index (χ1v) is 9.85. The topological polar surface area (TPSA) is 54.3 Å². The normalized spacial score (nSPS) is 21.1. The zero-order chi connectivity index (χ0) is 19.1. The van der Waals surface area contributed by atoms with Crippen LogP contribution in [0.3, 0.4) is 0 Å². The van der Waals surface area contributed by atoms with Gasteiger partial charge in [-0.1, -0.05) is 23.7 Å². The van der Waals surface area contributed by atoms with Crippen LogP contribution in [0.2, 0.25) is 5.02 Å². The molecule has 27 heavy (non-hydrogen) atoms. The lowest BCUT2D eigenvalue weighted by Crippen LogP contribution is -2.53. The van der Waals surface area contributed by atoms with Gasteiger partial charge < -0.3 is 14.8 Å². The second-order valence-corrected chi connectivity index (χ2v) is 8.33. The van der Waals surface area contributed by atoms with E-state index in [9.17, 15) is 9.59 Å². The van der Waals surface area contributed by atoms with Gasteiger partial charge in [-0.05, 0) is 49.9 Å². The average Bonchev–Trinajstić information content (AvgIpc) is 2.63. The Balaban J connectivity index is 1.73. The molecule has 0 radical (unpaired) electrons. The van der Waals surface area contributed by atoms with Gasteiger partial charge in [-0.2, -0.15) is 0 Å². The molecule has 2 aliphatic heterocycles. The van der Waals surface area contributed by atoms with Crippen LogP contribution in [0.25, 0.3) is 11.1 Å². The maximum Gasteiger partial charge on any atom is 0.317 e. The first-order chi connectivity index (χ1) is 12.9. The minimum atomic E-state index is -0.0144. The number of nitrogens with zero attached hydrogens (tertiary/aromatic N) is 2. The summed E-state index contributed by atoms with van der Waals surface area (Å²) in [4.78, 5) is 27.0. The Morgan fingerprint density at radius 2 is 1.85 bits per heavy atom. The predicted octanol–water partition coefficient (Wildman–Crippen LogP) is 3.71. The maximum atomic E-state index is 12.5. The number of benzene rings is 1. The van der Waals surface area contributed by atoms with Gasteiger partial charge >= 0.3 is 6.03 Å². The lowest BCUT2D eigenvalue weighted by molar-refractivity contribution is 0.130. The summed E-state index contributed by atoms with van der Waals surface area (Å²) in [6.45, 7) is 5.94. The number of fused-ring (bicyclic) bond motifs is 4. The van der Waals surface area contributed by atoms with Crippen LogP contribution in [-0.2, 0) is 6.54 Å². The summed E-state index contributed by atoms with van der Waals surface area (Å²) >= 11 is 6.04. The van der Waals surface area contributed by atoms with Crippen molar-refractivity contribution in [3.63, 3.8) is 0 Å². The Kier molecular flexibility index (Phi) is 4.72. The van der Waals surface area contributed by atoms with Gasteiger partial charge in [-0.25, -0.2) is 4.79 Å². The van der Waals surface area contributed by atoms with E-state index in [1.165, 1.54) is 0 Å². The largest absolute Gasteiger partial charge is 0.336 e. The minimum absolute atomic E-state index is 0.0144. The highest BCUT2D eigenvalue weighted by Crippen LogP contribution is 2.40. The quantitative estimate of drug-likeness (QED) is 0.856. The summed E-state index contributed by atoms with van der Waals surface area (Å²) < 4.78 is 1.92. The van der Waals surface area contributed by atoms with Gasteiger partial charge in [0, 0.05) is 53.9 Å². The molecule has 6 heteroatoms. The molecule has 0 spiro atoms. The number of nitrogens with one attached hydrogen (secondary N) is 1. The van der Waals surface area contributed by atoms with E-state index in [1.807, 2.05) is 53.6 Å². The van der Waals surface area contributed by atoms with Crippen molar-refractivity contribution >= 4 is 17.6 Å². The van der Waals surface area contributed by atoms with E-state index in [0.717, 1.165) is 23.2 Å². The number of piperidine rings is 1. The number of urea groups is 1. The molecule has 0 aliphatic carbocycles. The maximum absolute atomic E-state index is 12.5. The van der Waals surface area contributed by atoms with Crippen molar-refractivity contribution in [2.24, 2.45) is 5.92 Å². The number of pyridine rings is 1. The van der Waals surface area contributed by atoms with E-state index in [-0.39, 0.29) is 23.6 Å². The molecule has 1 aromatic carbocycles. The highest BCUT2D eigenvalue weighted by Gasteiger charge is 2.37. The number of amides is 2. The number of rotatable bonds is 2. The highest BCUT2D eigenvalue weighted by molar-refractivity contribution is 6.30. The molecule has 3 heterocycles. The zero-order valence-electron chi connectivity index (χ0n) is 15.6. The van der Waals surface area contributed by atoms with Gasteiger partial charge in [0.25, 0.3) is 5.56 Å². The second-order valence-electron chi connectivity index (χ2n) is 7.90. The van der Waals surface area contributed by atoms with Crippen molar-refractivity contribution < 1.29 is 4.79 Å². The molecule has 2 atom stereocenters. The third-order valence-corrected chi connectivity index (χ3v) is 5.70. The molecule has 0 unspecified atom stereocenters. The molecule has 1 fully saturated rings. The van der Waals surface area contributed by atoms with Gasteiger partial charge in [0.1, 0.15) is 0 Å². The standard InChI is InChI=1S/C21H24ClN3O2/c1-13(2)23-21(27)24-10-14-9-16(12-24)20-18(7-8-19(26)25(20)11-14)15-3-5-17(22)6-4-15/h3-8,13-14,16H,9-12H2,1-2H3,(H,23,27)/t14-,16-/m1/s1. The first kappa shape index (κ1) is 18.1. The third kappa shape index (κ3) is 3.48. The fourth-order valence-corrected chi connectivity index (χ4v) is 4.52. The van der Waals surface area contributed by atoms with Crippen molar-refractivity contribution in [1.82, 2.24) is 14.8 Å². The van der Waals surface area contributed by atoms with Crippen LogP contribution < -0.4 is 10.9 Å². The summed E-state index contributed by atoms with van der Waals surface area (Å²) in [6.07, 6.45) is 1.01. The molecule has 1 N–H and O–H groups in total. The Bertz CT molecular complexity index is 920. The van der Waals surface area contributed by atoms with Crippen LogP contribution in [0.5, 0.6) is 0 Å². The Hall–Kier alpha value is -2.27. The van der Waals surface area contributed by atoms with Gasteiger partial charge in [-0.15, -0.1) is 0 Å². The van der Waals surface area contributed by atoms with E-state index in [1.54, 1.807) is 6.07 Å². The van der Waals surface area contributed by atoms with Crippen LogP contribution in [0.4, 0.5) is 4.79 Å². The first-order valence-electron chi connectivity index (χ1n) is 9.47. The number of carbonyl (C=O) groups excluding carboxylic acids is 1. The fraction of sp³-hybridized carbons (Fsp3) is 0.429. The highest BCUT2D eigenvalue weighted by atomic mass is 35.5. The van der Waals surface area contributed by atoms with Crippen molar-refractivity contribution in [1.29, 1.82) is 0 Å². The molecule has 1 saturated heterocycles. The van der Waals surface area contributed by atoms with E-state index in [4.69, 9.17) is 11.6 Å². The number of carbonyl (C=O) groups is 1. The van der Waals surface area contributed by atoms with Gasteiger partial charge in [0.05, 0.1) is 0 Å². The fourth-order valence-electron chi connectivity index (χ4n) is 4.39. The molecule has 2 aliphatic rings. The molecular formula is C21H24ClN3O2. The number of aromatic nitrogens is 1. The smallest absolute Gasteiger partial charge is 0.317 e. The van der Waals surface area contributed by atoms with Crippen LogP contribution in [0.15, 0.2) is 41.2 Å². The number of halogens is 1. The van der Waals surface area contributed by atoms with E-state index < -0.39 is 0 Å². The van der Waals surface area contributed by atoms with Crippen LogP contribution in [-0.4, -0.2) is 34.6 Å². The Labute approximate surface area is 163 Å². The predicted molar refractivity (Wildman–Crippen MR) is 107 cm³/mol.